The first kappa shape index (κ1) is 8.03. The van der Waals surface area contributed by atoms with Crippen LogP contribution in [0.5, 0.6) is 0 Å². The number of carbonyl (C=O) groups is 1. The first-order valence-electron chi connectivity index (χ1n) is 5.05. The number of aryl methyl sites for hydroxylation is 1. The van der Waals surface area contributed by atoms with Crippen LogP contribution in [0.3, 0.4) is 0 Å². The van der Waals surface area contributed by atoms with Crippen molar-refractivity contribution in [2.24, 2.45) is 11.8 Å². The number of likely N-dealkylation sites (tertiary alicyclic amines) is 1. The number of carbonyl (C=O) groups excluding carboxylic acids is 1. The summed E-state index contributed by atoms with van der Waals surface area (Å²) >= 11 is 0. The van der Waals surface area contributed by atoms with Crippen molar-refractivity contribution in [1.29, 1.82) is 0 Å². The first-order chi connectivity index (χ1) is 6.75. The quantitative estimate of drug-likeness (QED) is 0.714. The van der Waals surface area contributed by atoms with Gasteiger partial charge in [-0.2, -0.15) is 5.10 Å². The number of aromatic nitrogens is 2. The Labute approximate surface area is 82.3 Å². The van der Waals surface area contributed by atoms with Gasteiger partial charge in [-0.3, -0.25) is 9.89 Å². The number of aromatic amines is 1. The van der Waals surface area contributed by atoms with Gasteiger partial charge < -0.3 is 4.90 Å². The monoisotopic (exact) mass is 191 g/mol. The van der Waals surface area contributed by atoms with Crippen LogP contribution in [0.1, 0.15) is 22.5 Å². The van der Waals surface area contributed by atoms with Crippen LogP contribution in [0, 0.1) is 18.8 Å². The molecule has 0 radical (unpaired) electrons. The average molecular weight is 191 g/mol. The number of nitrogens with zero attached hydrogens (tertiary/aromatic N) is 2. The third kappa shape index (κ3) is 1.06. The minimum absolute atomic E-state index is 0.142. The van der Waals surface area contributed by atoms with Gasteiger partial charge in [0, 0.05) is 18.8 Å². The predicted molar refractivity (Wildman–Crippen MR) is 50.8 cm³/mol. The Morgan fingerprint density at radius 3 is 2.86 bits per heavy atom. The highest BCUT2D eigenvalue weighted by atomic mass is 16.2. The highest BCUT2D eigenvalue weighted by molar-refractivity contribution is 5.95. The summed E-state index contributed by atoms with van der Waals surface area (Å²) in [6.07, 6.45) is 2.95. The first-order valence-corrected chi connectivity index (χ1v) is 5.05. The molecule has 74 valence electrons. The molecule has 1 aromatic rings. The number of hydrogen-bond acceptors (Lipinski definition) is 2. The number of amides is 1. The van der Waals surface area contributed by atoms with Crippen LogP contribution in [0.2, 0.25) is 0 Å². The number of hydrogen-bond donors (Lipinski definition) is 1. The maximum absolute atomic E-state index is 12.0. The van der Waals surface area contributed by atoms with Crippen LogP contribution in [0.15, 0.2) is 6.20 Å². The average Bonchev–Trinajstić information content (AvgIpc) is 2.64. The van der Waals surface area contributed by atoms with Crippen LogP contribution >= 0.6 is 0 Å². The van der Waals surface area contributed by atoms with Crippen LogP contribution < -0.4 is 0 Å². The lowest BCUT2D eigenvalue weighted by Crippen LogP contribution is -2.30. The second kappa shape index (κ2) is 2.59. The van der Waals surface area contributed by atoms with Crippen molar-refractivity contribution in [2.45, 2.75) is 13.3 Å². The van der Waals surface area contributed by atoms with Crippen molar-refractivity contribution in [1.82, 2.24) is 15.1 Å². The van der Waals surface area contributed by atoms with Gasteiger partial charge in [0.1, 0.15) is 0 Å². The normalized spacial score (nSPS) is 29.1. The van der Waals surface area contributed by atoms with Crippen molar-refractivity contribution >= 4 is 5.91 Å². The Morgan fingerprint density at radius 1 is 1.57 bits per heavy atom. The molecule has 2 fully saturated rings. The van der Waals surface area contributed by atoms with E-state index in [0.717, 1.165) is 36.2 Å². The summed E-state index contributed by atoms with van der Waals surface area (Å²) in [5, 5.41) is 6.67. The molecule has 1 aliphatic heterocycles. The van der Waals surface area contributed by atoms with Gasteiger partial charge >= 0.3 is 0 Å². The van der Waals surface area contributed by atoms with Gasteiger partial charge in [0.25, 0.3) is 5.91 Å². The van der Waals surface area contributed by atoms with E-state index in [4.69, 9.17) is 0 Å². The Hall–Kier alpha value is -1.32. The molecule has 14 heavy (non-hydrogen) atoms. The molecule has 1 saturated carbocycles. The van der Waals surface area contributed by atoms with E-state index in [-0.39, 0.29) is 5.91 Å². The van der Waals surface area contributed by atoms with Crippen LogP contribution in [0.25, 0.3) is 0 Å². The Bertz CT molecular complexity index is 374. The van der Waals surface area contributed by atoms with Crippen LogP contribution in [0.4, 0.5) is 0 Å². The molecule has 2 heterocycles. The number of piperidine rings is 1. The van der Waals surface area contributed by atoms with Gasteiger partial charge in [-0.1, -0.05) is 0 Å². The summed E-state index contributed by atoms with van der Waals surface area (Å²) in [4.78, 5) is 13.9. The molecule has 2 aliphatic rings. The summed E-state index contributed by atoms with van der Waals surface area (Å²) < 4.78 is 0. The van der Waals surface area contributed by atoms with E-state index in [1.54, 1.807) is 6.20 Å². The van der Waals surface area contributed by atoms with Crippen molar-refractivity contribution < 1.29 is 4.79 Å². The molecule has 4 nitrogen and oxygen atoms in total. The van der Waals surface area contributed by atoms with Gasteiger partial charge in [-0.25, -0.2) is 0 Å². The fourth-order valence-corrected chi connectivity index (χ4v) is 2.30. The molecular weight excluding hydrogens is 178 g/mol. The number of rotatable bonds is 1. The highest BCUT2D eigenvalue weighted by Crippen LogP contribution is 2.45. The summed E-state index contributed by atoms with van der Waals surface area (Å²) in [6, 6.07) is 0. The maximum Gasteiger partial charge on any atom is 0.257 e. The minimum Gasteiger partial charge on any atom is -0.338 e. The van der Waals surface area contributed by atoms with Crippen molar-refractivity contribution in [3.8, 4) is 0 Å². The molecular formula is C10H13N3O. The van der Waals surface area contributed by atoms with E-state index >= 15 is 0 Å². The smallest absolute Gasteiger partial charge is 0.257 e. The zero-order valence-corrected chi connectivity index (χ0v) is 8.16. The van der Waals surface area contributed by atoms with Gasteiger partial charge in [0.15, 0.2) is 0 Å². The lowest BCUT2D eigenvalue weighted by Gasteiger charge is -2.17. The highest BCUT2D eigenvalue weighted by Gasteiger charge is 2.46. The second-order valence-corrected chi connectivity index (χ2v) is 4.37. The molecule has 0 bridgehead atoms. The molecule has 4 heteroatoms. The lowest BCUT2D eigenvalue weighted by atomic mass is 10.2. The van der Waals surface area contributed by atoms with E-state index in [9.17, 15) is 4.79 Å². The third-order valence-electron chi connectivity index (χ3n) is 3.33. The third-order valence-corrected chi connectivity index (χ3v) is 3.33. The number of nitrogens with one attached hydrogen (secondary N) is 1. The fourth-order valence-electron chi connectivity index (χ4n) is 2.30. The molecule has 3 rings (SSSR count). The summed E-state index contributed by atoms with van der Waals surface area (Å²) in [6.45, 7) is 3.79. The van der Waals surface area contributed by atoms with Crippen molar-refractivity contribution in [3.63, 3.8) is 0 Å². The fraction of sp³-hybridized carbons (Fsp3) is 0.600. The molecule has 0 aromatic carbocycles. The Morgan fingerprint density at radius 2 is 2.29 bits per heavy atom. The van der Waals surface area contributed by atoms with Crippen molar-refractivity contribution in [2.75, 3.05) is 13.1 Å². The molecule has 1 aromatic heterocycles. The molecule has 1 saturated heterocycles. The molecule has 1 N–H and O–H groups in total. The van der Waals surface area contributed by atoms with Gasteiger partial charge in [0.2, 0.25) is 0 Å². The van der Waals surface area contributed by atoms with E-state index in [1.807, 2.05) is 11.8 Å². The van der Waals surface area contributed by atoms with E-state index in [0.29, 0.717) is 0 Å². The zero-order valence-electron chi connectivity index (χ0n) is 8.16. The SMILES string of the molecule is Cc1[nH]ncc1C(=O)N1CC2CC2C1. The summed E-state index contributed by atoms with van der Waals surface area (Å²) in [5.74, 6) is 1.74. The van der Waals surface area contributed by atoms with Crippen LogP contribution in [-0.2, 0) is 0 Å². The summed E-state index contributed by atoms with van der Waals surface area (Å²) in [5.41, 5.74) is 1.60. The van der Waals surface area contributed by atoms with Crippen molar-refractivity contribution in [3.05, 3.63) is 17.5 Å². The Kier molecular flexibility index (Phi) is 1.48. The Balaban J connectivity index is 1.79. The summed E-state index contributed by atoms with van der Waals surface area (Å²) in [7, 11) is 0. The molecule has 0 spiro atoms. The van der Waals surface area contributed by atoms with Gasteiger partial charge in [-0.05, 0) is 25.2 Å². The second-order valence-electron chi connectivity index (χ2n) is 4.37. The topological polar surface area (TPSA) is 49.0 Å². The van der Waals surface area contributed by atoms with Gasteiger partial charge in [-0.15, -0.1) is 0 Å². The zero-order chi connectivity index (χ0) is 9.71. The largest absolute Gasteiger partial charge is 0.338 e. The maximum atomic E-state index is 12.0. The lowest BCUT2D eigenvalue weighted by molar-refractivity contribution is 0.0775. The van der Waals surface area contributed by atoms with Gasteiger partial charge in [0.05, 0.1) is 11.8 Å². The molecule has 1 aliphatic carbocycles. The standard InChI is InChI=1S/C10H13N3O/c1-6-9(3-11-12-6)10(14)13-4-7-2-8(7)5-13/h3,7-8H,2,4-5H2,1H3,(H,11,12). The van der Waals surface area contributed by atoms with E-state index < -0.39 is 0 Å². The van der Waals surface area contributed by atoms with Crippen LogP contribution in [-0.4, -0.2) is 34.1 Å². The van der Waals surface area contributed by atoms with E-state index in [2.05, 4.69) is 10.2 Å². The van der Waals surface area contributed by atoms with E-state index in [1.165, 1.54) is 6.42 Å². The molecule has 2 atom stereocenters. The minimum atomic E-state index is 0.142. The number of H-pyrrole nitrogens is 1. The molecule has 2 unspecified atom stereocenters. The molecule has 1 amide bonds. The predicted octanol–water partition coefficient (Wildman–Crippen LogP) is 0.810. The number of fused-ring (bicyclic) bond motifs is 1.